The minimum Gasteiger partial charge on any atom is -0.291 e. The summed E-state index contributed by atoms with van der Waals surface area (Å²) in [5, 5.41) is 0. The van der Waals surface area contributed by atoms with Crippen LogP contribution in [-0.2, 0) is 6.54 Å². The highest BCUT2D eigenvalue weighted by Gasteiger charge is 2.27. The van der Waals surface area contributed by atoms with E-state index in [-0.39, 0.29) is 11.9 Å². The molecule has 1 atom stereocenters. The van der Waals surface area contributed by atoms with Gasteiger partial charge in [-0.1, -0.05) is 18.2 Å². The van der Waals surface area contributed by atoms with Crippen LogP contribution in [0.4, 0.5) is 4.39 Å². The van der Waals surface area contributed by atoms with Crippen molar-refractivity contribution in [3.05, 3.63) is 78.3 Å². The van der Waals surface area contributed by atoms with Crippen LogP contribution in [0.3, 0.4) is 0 Å². The molecule has 1 aliphatic rings. The molecule has 1 aliphatic heterocycles. The quantitative estimate of drug-likeness (QED) is 0.734. The summed E-state index contributed by atoms with van der Waals surface area (Å²) < 4.78 is 15.3. The van der Waals surface area contributed by atoms with E-state index in [1.807, 2.05) is 29.0 Å². The number of aromatic nitrogens is 3. The van der Waals surface area contributed by atoms with Crippen molar-refractivity contribution in [3.63, 3.8) is 0 Å². The van der Waals surface area contributed by atoms with Gasteiger partial charge < -0.3 is 0 Å². The van der Waals surface area contributed by atoms with E-state index >= 15 is 0 Å². The monoisotopic (exact) mass is 322 g/mol. The summed E-state index contributed by atoms with van der Waals surface area (Å²) >= 11 is 0. The van der Waals surface area contributed by atoms with Crippen molar-refractivity contribution in [3.8, 4) is 5.82 Å². The number of hydrogen-bond acceptors (Lipinski definition) is 3. The first-order chi connectivity index (χ1) is 11.8. The van der Waals surface area contributed by atoms with Gasteiger partial charge in [0.05, 0.1) is 11.7 Å². The molecule has 5 heteroatoms. The van der Waals surface area contributed by atoms with E-state index in [9.17, 15) is 4.39 Å². The van der Waals surface area contributed by atoms with Crippen LogP contribution in [0.5, 0.6) is 0 Å². The summed E-state index contributed by atoms with van der Waals surface area (Å²) in [6, 6.07) is 13.2. The van der Waals surface area contributed by atoms with Crippen molar-refractivity contribution in [2.45, 2.75) is 25.4 Å². The highest BCUT2D eigenvalue weighted by molar-refractivity contribution is 5.26. The van der Waals surface area contributed by atoms with Crippen molar-refractivity contribution < 1.29 is 4.39 Å². The Morgan fingerprint density at radius 3 is 2.92 bits per heavy atom. The van der Waals surface area contributed by atoms with Gasteiger partial charge in [-0.15, -0.1) is 0 Å². The van der Waals surface area contributed by atoms with Crippen LogP contribution < -0.4 is 0 Å². The van der Waals surface area contributed by atoms with Gasteiger partial charge >= 0.3 is 0 Å². The van der Waals surface area contributed by atoms with E-state index in [2.05, 4.69) is 16.0 Å². The van der Waals surface area contributed by atoms with Crippen LogP contribution >= 0.6 is 0 Å². The number of halogens is 1. The molecule has 0 saturated carbocycles. The Kier molecular flexibility index (Phi) is 4.09. The molecule has 2 aromatic heterocycles. The topological polar surface area (TPSA) is 34.0 Å². The predicted molar refractivity (Wildman–Crippen MR) is 90.1 cm³/mol. The molecule has 0 bridgehead atoms. The number of benzene rings is 1. The van der Waals surface area contributed by atoms with Gasteiger partial charge in [0, 0.05) is 18.9 Å². The van der Waals surface area contributed by atoms with Gasteiger partial charge in [0.1, 0.15) is 18.0 Å². The molecule has 0 amide bonds. The standard InChI is InChI=1S/C19H19FN4/c20-16-5-1-4-15(12-16)13-23-10-3-7-18(23)17-6-2-8-19(22-17)24-11-9-21-14-24/h1-2,4-6,8-9,11-12,14,18H,3,7,10,13H2/t18-/m0/s1. The lowest BCUT2D eigenvalue weighted by Gasteiger charge is -2.24. The predicted octanol–water partition coefficient (Wildman–Crippen LogP) is 3.74. The van der Waals surface area contributed by atoms with Gasteiger partial charge in [0.15, 0.2) is 0 Å². The van der Waals surface area contributed by atoms with Crippen molar-refractivity contribution in [2.75, 3.05) is 6.54 Å². The Morgan fingerprint density at radius 2 is 2.08 bits per heavy atom. The second-order valence-electron chi connectivity index (χ2n) is 6.15. The lowest BCUT2D eigenvalue weighted by Crippen LogP contribution is -2.23. The minimum absolute atomic E-state index is 0.177. The Hall–Kier alpha value is -2.53. The summed E-state index contributed by atoms with van der Waals surface area (Å²) in [6.45, 7) is 1.76. The molecule has 3 aromatic rings. The Morgan fingerprint density at radius 1 is 1.17 bits per heavy atom. The first-order valence-electron chi connectivity index (χ1n) is 8.23. The highest BCUT2D eigenvalue weighted by Crippen LogP contribution is 2.32. The summed E-state index contributed by atoms with van der Waals surface area (Å²) in [5.74, 6) is 0.700. The zero-order valence-electron chi connectivity index (χ0n) is 13.3. The van der Waals surface area contributed by atoms with Crippen molar-refractivity contribution in [1.82, 2.24) is 19.4 Å². The summed E-state index contributed by atoms with van der Waals surface area (Å²) in [5.41, 5.74) is 2.07. The smallest absolute Gasteiger partial charge is 0.138 e. The van der Waals surface area contributed by atoms with E-state index in [0.29, 0.717) is 0 Å². The van der Waals surface area contributed by atoms with Crippen molar-refractivity contribution in [1.29, 1.82) is 0 Å². The number of likely N-dealkylation sites (tertiary alicyclic amines) is 1. The normalized spacial score (nSPS) is 18.1. The molecule has 0 unspecified atom stereocenters. The molecular formula is C19H19FN4. The molecule has 3 heterocycles. The van der Waals surface area contributed by atoms with Crippen LogP contribution in [0.25, 0.3) is 5.82 Å². The molecule has 0 N–H and O–H groups in total. The minimum atomic E-state index is -0.177. The van der Waals surface area contributed by atoms with Crippen molar-refractivity contribution >= 4 is 0 Å². The van der Waals surface area contributed by atoms with Crippen LogP contribution in [0.1, 0.15) is 30.1 Å². The molecule has 0 radical (unpaired) electrons. The zero-order valence-corrected chi connectivity index (χ0v) is 13.3. The van der Waals surface area contributed by atoms with Gasteiger partial charge in [-0.05, 0) is 49.2 Å². The number of hydrogen-bond donors (Lipinski definition) is 0. The average molecular weight is 322 g/mol. The van der Waals surface area contributed by atoms with Crippen LogP contribution in [0.15, 0.2) is 61.2 Å². The number of rotatable bonds is 4. The van der Waals surface area contributed by atoms with Crippen molar-refractivity contribution in [2.24, 2.45) is 0 Å². The number of pyridine rings is 1. The molecular weight excluding hydrogens is 303 g/mol. The third kappa shape index (κ3) is 3.08. The Labute approximate surface area is 140 Å². The largest absolute Gasteiger partial charge is 0.291 e. The fourth-order valence-corrected chi connectivity index (χ4v) is 3.38. The lowest BCUT2D eigenvalue weighted by molar-refractivity contribution is 0.244. The maximum Gasteiger partial charge on any atom is 0.138 e. The SMILES string of the molecule is Fc1cccc(CN2CCC[C@H]2c2cccc(-n3ccnc3)n2)c1. The van der Waals surface area contributed by atoms with E-state index < -0.39 is 0 Å². The molecule has 0 aliphatic carbocycles. The van der Waals surface area contributed by atoms with Crippen LogP contribution in [-0.4, -0.2) is 26.0 Å². The molecule has 1 saturated heterocycles. The molecule has 4 nitrogen and oxygen atoms in total. The molecule has 1 aromatic carbocycles. The van der Waals surface area contributed by atoms with E-state index in [1.54, 1.807) is 24.7 Å². The maximum absolute atomic E-state index is 13.4. The van der Waals surface area contributed by atoms with Gasteiger partial charge in [0.25, 0.3) is 0 Å². The summed E-state index contributed by atoms with van der Waals surface area (Å²) in [7, 11) is 0. The lowest BCUT2D eigenvalue weighted by atomic mass is 10.1. The first kappa shape index (κ1) is 15.0. The second kappa shape index (κ2) is 6.53. The molecule has 1 fully saturated rings. The van der Waals surface area contributed by atoms with Gasteiger partial charge in [0.2, 0.25) is 0 Å². The Bertz CT molecular complexity index is 816. The molecule has 24 heavy (non-hydrogen) atoms. The highest BCUT2D eigenvalue weighted by atomic mass is 19.1. The first-order valence-corrected chi connectivity index (χ1v) is 8.23. The van der Waals surface area contributed by atoms with Gasteiger partial charge in [-0.3, -0.25) is 9.47 Å². The van der Waals surface area contributed by atoms with E-state index in [1.165, 1.54) is 6.07 Å². The van der Waals surface area contributed by atoms with Crippen LogP contribution in [0.2, 0.25) is 0 Å². The number of imidazole rings is 1. The zero-order chi connectivity index (χ0) is 16.4. The fraction of sp³-hybridized carbons (Fsp3) is 0.263. The average Bonchev–Trinajstić information content (AvgIpc) is 3.27. The van der Waals surface area contributed by atoms with E-state index in [4.69, 9.17) is 4.98 Å². The third-order valence-electron chi connectivity index (χ3n) is 4.50. The third-order valence-corrected chi connectivity index (χ3v) is 4.50. The molecule has 0 spiro atoms. The molecule has 122 valence electrons. The molecule has 4 rings (SSSR count). The van der Waals surface area contributed by atoms with E-state index in [0.717, 1.165) is 43.0 Å². The van der Waals surface area contributed by atoms with Gasteiger partial charge in [-0.2, -0.15) is 0 Å². The fourth-order valence-electron chi connectivity index (χ4n) is 3.38. The van der Waals surface area contributed by atoms with Gasteiger partial charge in [-0.25, -0.2) is 14.4 Å². The maximum atomic E-state index is 13.4. The van der Waals surface area contributed by atoms with Crippen LogP contribution in [0, 0.1) is 5.82 Å². The summed E-state index contributed by atoms with van der Waals surface area (Å²) in [6.07, 6.45) is 7.61. The Balaban J connectivity index is 1.57. The summed E-state index contributed by atoms with van der Waals surface area (Å²) in [4.78, 5) is 11.3. The second-order valence-corrected chi connectivity index (χ2v) is 6.15. The number of nitrogens with zero attached hydrogens (tertiary/aromatic N) is 4.